The predicted octanol–water partition coefficient (Wildman–Crippen LogP) is 2.14. The zero-order valence-electron chi connectivity index (χ0n) is 20.4. The lowest BCUT2D eigenvalue weighted by molar-refractivity contribution is -0.136. The summed E-state index contributed by atoms with van der Waals surface area (Å²) >= 11 is 0. The van der Waals surface area contributed by atoms with Crippen LogP contribution in [0.2, 0.25) is 0 Å². The van der Waals surface area contributed by atoms with Crippen LogP contribution < -0.4 is 0 Å². The van der Waals surface area contributed by atoms with Crippen molar-refractivity contribution >= 4 is 16.9 Å². The van der Waals surface area contributed by atoms with Gasteiger partial charge in [-0.2, -0.15) is 5.26 Å². The number of nitriles is 1. The quantitative estimate of drug-likeness (QED) is 0.740. The second-order valence-corrected chi connectivity index (χ2v) is 10.6. The van der Waals surface area contributed by atoms with Gasteiger partial charge in [0, 0.05) is 57.0 Å². The minimum Gasteiger partial charge on any atom is -0.361 e. The van der Waals surface area contributed by atoms with Crippen molar-refractivity contribution in [3.8, 4) is 6.07 Å². The van der Waals surface area contributed by atoms with E-state index >= 15 is 0 Å². The number of likely N-dealkylation sites (N-methyl/N-ethyl adjacent to an activating group) is 1. The molecule has 33 heavy (non-hydrogen) atoms. The highest BCUT2D eigenvalue weighted by molar-refractivity contribution is 5.88. The van der Waals surface area contributed by atoms with E-state index in [0.29, 0.717) is 19.4 Å². The first-order valence-electron chi connectivity index (χ1n) is 11.8. The Morgan fingerprint density at radius 2 is 2.00 bits per heavy atom. The smallest absolute Gasteiger partial charge is 0.246 e. The van der Waals surface area contributed by atoms with E-state index in [2.05, 4.69) is 53.2 Å². The zero-order chi connectivity index (χ0) is 24.0. The number of aromatic nitrogens is 3. The van der Waals surface area contributed by atoms with Gasteiger partial charge >= 0.3 is 0 Å². The molecule has 9 heteroatoms. The number of piperidine rings is 1. The number of nitrogens with zero attached hydrogens (tertiary/aromatic N) is 7. The van der Waals surface area contributed by atoms with Crippen molar-refractivity contribution < 1.29 is 9.90 Å². The summed E-state index contributed by atoms with van der Waals surface area (Å²) in [5.74, 6) is 0.213. The first-order chi connectivity index (χ1) is 15.6. The van der Waals surface area contributed by atoms with Crippen LogP contribution in [0.1, 0.15) is 58.5 Å². The fourth-order valence-electron chi connectivity index (χ4n) is 5.30. The minimum atomic E-state index is -0.841. The third kappa shape index (κ3) is 4.23. The van der Waals surface area contributed by atoms with Crippen LogP contribution >= 0.6 is 0 Å². The Morgan fingerprint density at radius 3 is 2.61 bits per heavy atom. The van der Waals surface area contributed by atoms with Crippen LogP contribution in [0, 0.1) is 16.7 Å². The number of aliphatic hydroxyl groups is 1. The molecule has 0 saturated carbocycles. The molecule has 1 unspecified atom stereocenters. The number of rotatable bonds is 5. The van der Waals surface area contributed by atoms with Gasteiger partial charge in [0.15, 0.2) is 6.35 Å². The van der Waals surface area contributed by atoms with Gasteiger partial charge in [0.05, 0.1) is 0 Å². The molecular formula is C24H35N7O2. The van der Waals surface area contributed by atoms with Crippen molar-refractivity contribution in [2.24, 2.45) is 5.41 Å². The van der Waals surface area contributed by atoms with Crippen LogP contribution in [0.25, 0.3) is 11.0 Å². The maximum Gasteiger partial charge on any atom is 0.246 e. The number of hydrogen-bond acceptors (Lipinski definition) is 7. The van der Waals surface area contributed by atoms with E-state index in [9.17, 15) is 15.2 Å². The third-order valence-electron chi connectivity index (χ3n) is 6.88. The molecule has 2 aromatic rings. The molecule has 0 bridgehead atoms. The molecule has 4 rings (SSSR count). The fourth-order valence-corrected chi connectivity index (χ4v) is 5.30. The molecule has 178 valence electrons. The Hall–Kier alpha value is -2.54. The van der Waals surface area contributed by atoms with Crippen molar-refractivity contribution in [3.05, 3.63) is 23.8 Å². The van der Waals surface area contributed by atoms with Gasteiger partial charge in [-0.1, -0.05) is 27.7 Å². The Labute approximate surface area is 195 Å². The van der Waals surface area contributed by atoms with Crippen molar-refractivity contribution in [1.29, 1.82) is 5.26 Å². The molecule has 2 aliphatic heterocycles. The van der Waals surface area contributed by atoms with Gasteiger partial charge < -0.3 is 14.6 Å². The summed E-state index contributed by atoms with van der Waals surface area (Å²) in [4.78, 5) is 27.6. The lowest BCUT2D eigenvalue weighted by Gasteiger charge is -2.43. The van der Waals surface area contributed by atoms with Crippen molar-refractivity contribution in [1.82, 2.24) is 29.2 Å². The minimum absolute atomic E-state index is 0.0317. The Morgan fingerprint density at radius 1 is 1.30 bits per heavy atom. The van der Waals surface area contributed by atoms with Crippen LogP contribution in [0.3, 0.4) is 0 Å². The standard InChI is InChI=1S/C24H35N7O2/c1-6-9-31-22(33)28(5)21(32)24(31)7-10-29(11-8-24)15-18-12-17-14-26-19(13-25)27-20(17)30(18)16-23(2,3)4/h12,14,22,33H,6-11,15-16H2,1-5H3. The molecular weight excluding hydrogens is 418 g/mol. The van der Waals surface area contributed by atoms with E-state index in [1.165, 1.54) is 4.90 Å². The summed E-state index contributed by atoms with van der Waals surface area (Å²) in [5, 5.41) is 20.8. The molecule has 0 aliphatic carbocycles. The van der Waals surface area contributed by atoms with E-state index < -0.39 is 11.9 Å². The van der Waals surface area contributed by atoms with Crippen LogP contribution in [-0.4, -0.2) is 78.8 Å². The number of aliphatic hydroxyl groups excluding tert-OH is 1. The number of carbonyl (C=O) groups is 1. The molecule has 2 saturated heterocycles. The van der Waals surface area contributed by atoms with Gasteiger partial charge in [-0.05, 0) is 30.7 Å². The summed E-state index contributed by atoms with van der Waals surface area (Å²) in [6, 6.07) is 4.17. The average molecular weight is 454 g/mol. The second-order valence-electron chi connectivity index (χ2n) is 10.6. The average Bonchev–Trinajstić information content (AvgIpc) is 3.18. The van der Waals surface area contributed by atoms with Gasteiger partial charge in [0.25, 0.3) is 0 Å². The molecule has 2 aliphatic rings. The number of hydrogen-bond donors (Lipinski definition) is 1. The van der Waals surface area contributed by atoms with Gasteiger partial charge in [-0.25, -0.2) is 14.9 Å². The van der Waals surface area contributed by atoms with E-state index in [1.807, 2.05) is 11.0 Å². The molecule has 1 atom stereocenters. The van der Waals surface area contributed by atoms with Crippen LogP contribution in [0.4, 0.5) is 0 Å². The molecule has 1 spiro atoms. The third-order valence-corrected chi connectivity index (χ3v) is 6.88. The zero-order valence-corrected chi connectivity index (χ0v) is 20.4. The second kappa shape index (κ2) is 8.67. The maximum atomic E-state index is 13.1. The Bertz CT molecular complexity index is 1070. The fraction of sp³-hybridized carbons (Fsp3) is 0.667. The number of likely N-dealkylation sites (tertiary alicyclic amines) is 1. The summed E-state index contributed by atoms with van der Waals surface area (Å²) in [5.41, 5.74) is 1.37. The number of amides is 1. The van der Waals surface area contributed by atoms with E-state index in [4.69, 9.17) is 0 Å². The van der Waals surface area contributed by atoms with Crippen LogP contribution in [-0.2, 0) is 17.9 Å². The van der Waals surface area contributed by atoms with E-state index in [0.717, 1.165) is 49.3 Å². The highest BCUT2D eigenvalue weighted by Gasteiger charge is 2.56. The lowest BCUT2D eigenvalue weighted by Crippen LogP contribution is -2.57. The van der Waals surface area contributed by atoms with Gasteiger partial charge in [-0.15, -0.1) is 0 Å². The molecule has 1 N–H and O–H groups in total. The molecule has 0 radical (unpaired) electrons. The molecule has 2 fully saturated rings. The molecule has 0 aromatic carbocycles. The van der Waals surface area contributed by atoms with Gasteiger partial charge in [0.2, 0.25) is 11.7 Å². The predicted molar refractivity (Wildman–Crippen MR) is 125 cm³/mol. The number of carbonyl (C=O) groups excluding carboxylic acids is 1. The van der Waals surface area contributed by atoms with Crippen molar-refractivity contribution in [2.45, 2.75) is 71.9 Å². The topological polar surface area (TPSA) is 102 Å². The van der Waals surface area contributed by atoms with Gasteiger partial charge in [-0.3, -0.25) is 9.69 Å². The van der Waals surface area contributed by atoms with Crippen LogP contribution in [0.5, 0.6) is 0 Å². The van der Waals surface area contributed by atoms with E-state index in [-0.39, 0.29) is 17.1 Å². The van der Waals surface area contributed by atoms with Crippen molar-refractivity contribution in [3.63, 3.8) is 0 Å². The summed E-state index contributed by atoms with van der Waals surface area (Å²) in [6.45, 7) is 12.4. The Balaban J connectivity index is 1.57. The van der Waals surface area contributed by atoms with Gasteiger partial charge in [0.1, 0.15) is 17.3 Å². The first-order valence-corrected chi connectivity index (χ1v) is 11.8. The molecule has 4 heterocycles. The number of fused-ring (bicyclic) bond motifs is 1. The van der Waals surface area contributed by atoms with Crippen LogP contribution in [0.15, 0.2) is 12.3 Å². The summed E-state index contributed by atoms with van der Waals surface area (Å²) in [7, 11) is 1.69. The normalized spacial score (nSPS) is 21.9. The maximum absolute atomic E-state index is 13.1. The molecule has 9 nitrogen and oxygen atoms in total. The highest BCUT2D eigenvalue weighted by atomic mass is 16.3. The first kappa shape index (κ1) is 23.6. The largest absolute Gasteiger partial charge is 0.361 e. The SMILES string of the molecule is CCCN1C(O)N(C)C(=O)C12CCN(Cc1cc3cnc(C#N)nc3n1CC(C)(C)C)CC2. The summed E-state index contributed by atoms with van der Waals surface area (Å²) in [6.07, 6.45) is 3.18. The van der Waals surface area contributed by atoms with E-state index in [1.54, 1.807) is 13.2 Å². The Kier molecular flexibility index (Phi) is 6.20. The lowest BCUT2D eigenvalue weighted by atomic mass is 9.85. The molecule has 2 aromatic heterocycles. The monoisotopic (exact) mass is 453 g/mol. The summed E-state index contributed by atoms with van der Waals surface area (Å²) < 4.78 is 2.21. The van der Waals surface area contributed by atoms with Crippen molar-refractivity contribution in [2.75, 3.05) is 26.7 Å². The molecule has 1 amide bonds. The highest BCUT2D eigenvalue weighted by Crippen LogP contribution is 2.38.